The predicted molar refractivity (Wildman–Crippen MR) is 66.1 cm³/mol. The number of nitrogens with zero attached hydrogens (tertiary/aromatic N) is 3. The second-order valence-electron chi connectivity index (χ2n) is 3.17. The van der Waals surface area contributed by atoms with Crippen LogP contribution < -0.4 is 5.32 Å². The van der Waals surface area contributed by atoms with Crippen LogP contribution in [-0.4, -0.2) is 14.8 Å². The molecule has 2 rings (SSSR count). The Balaban J connectivity index is 2.60. The third kappa shape index (κ3) is 1.92. The van der Waals surface area contributed by atoms with Crippen LogP contribution in [0.1, 0.15) is 6.92 Å². The second kappa shape index (κ2) is 4.42. The quantitative estimate of drug-likeness (QED) is 0.911. The van der Waals surface area contributed by atoms with E-state index in [1.54, 1.807) is 13.0 Å². The zero-order valence-electron chi connectivity index (χ0n) is 8.16. The van der Waals surface area contributed by atoms with Gasteiger partial charge in [-0.15, -0.1) is 0 Å². The summed E-state index contributed by atoms with van der Waals surface area (Å²) in [4.78, 5) is 0. The minimum atomic E-state index is -0.358. The van der Waals surface area contributed by atoms with Gasteiger partial charge in [-0.25, -0.2) is 0 Å². The average Bonchev–Trinajstić information content (AvgIpc) is 2.73. The van der Waals surface area contributed by atoms with Crippen molar-refractivity contribution in [3.8, 4) is 6.07 Å². The lowest BCUT2D eigenvalue weighted by molar-refractivity contribution is 1.01. The molecule has 1 aromatic carbocycles. The molecule has 1 N–H and O–H groups in total. The zero-order chi connectivity index (χ0) is 11.7. The van der Waals surface area contributed by atoms with Gasteiger partial charge in [-0.1, -0.05) is 23.2 Å². The van der Waals surface area contributed by atoms with Gasteiger partial charge in [-0.05, 0) is 13.0 Å². The molecule has 0 aliphatic rings. The van der Waals surface area contributed by atoms with Gasteiger partial charge >= 0.3 is 0 Å². The number of fused-ring (bicyclic) bond motifs is 1. The standard InChI is InChI=1S/C9H6Cl2N4S/c1-4(3-12)13-7-5(10)2-6(11)8-9(7)15-16-14-8/h2,4,13H,1H3. The summed E-state index contributed by atoms with van der Waals surface area (Å²) in [5, 5.41) is 12.6. The number of nitrogens with one attached hydrogen (secondary N) is 1. The first-order valence-electron chi connectivity index (χ1n) is 4.40. The molecule has 0 saturated heterocycles. The van der Waals surface area contributed by atoms with Crippen molar-refractivity contribution in [1.82, 2.24) is 8.75 Å². The van der Waals surface area contributed by atoms with Crippen molar-refractivity contribution < 1.29 is 0 Å². The van der Waals surface area contributed by atoms with Gasteiger partial charge in [-0.2, -0.15) is 14.0 Å². The fourth-order valence-corrected chi connectivity index (χ4v) is 2.43. The fraction of sp³-hybridized carbons (Fsp3) is 0.222. The molecule has 1 heterocycles. The molecule has 7 heteroatoms. The van der Waals surface area contributed by atoms with Crippen LogP contribution in [0.5, 0.6) is 0 Å². The first kappa shape index (κ1) is 11.4. The first-order chi connectivity index (χ1) is 7.63. The molecule has 0 bridgehead atoms. The van der Waals surface area contributed by atoms with Crippen molar-refractivity contribution in [3.05, 3.63) is 16.1 Å². The van der Waals surface area contributed by atoms with E-state index in [0.717, 1.165) is 11.7 Å². The van der Waals surface area contributed by atoms with E-state index in [-0.39, 0.29) is 6.04 Å². The highest BCUT2D eigenvalue weighted by molar-refractivity contribution is 7.00. The van der Waals surface area contributed by atoms with E-state index in [1.165, 1.54) is 0 Å². The normalized spacial score (nSPS) is 12.4. The SMILES string of the molecule is CC(C#N)Nc1c(Cl)cc(Cl)c2nsnc12. The molecule has 1 atom stereocenters. The molecule has 1 aromatic heterocycles. The molecule has 0 saturated carbocycles. The molecule has 0 amide bonds. The lowest BCUT2D eigenvalue weighted by Crippen LogP contribution is -2.12. The van der Waals surface area contributed by atoms with E-state index in [0.29, 0.717) is 26.8 Å². The van der Waals surface area contributed by atoms with Crippen LogP contribution in [0.25, 0.3) is 11.0 Å². The first-order valence-corrected chi connectivity index (χ1v) is 5.88. The Morgan fingerprint density at radius 2 is 2.06 bits per heavy atom. The third-order valence-corrected chi connectivity index (χ3v) is 3.11. The molecule has 0 aliphatic heterocycles. The summed E-state index contributed by atoms with van der Waals surface area (Å²) in [6.45, 7) is 1.73. The van der Waals surface area contributed by atoms with Crippen LogP contribution in [0.3, 0.4) is 0 Å². The summed E-state index contributed by atoms with van der Waals surface area (Å²) in [5.41, 5.74) is 1.80. The van der Waals surface area contributed by atoms with E-state index < -0.39 is 0 Å². The molecular weight excluding hydrogens is 267 g/mol. The molecular formula is C9H6Cl2N4S. The van der Waals surface area contributed by atoms with Crippen LogP contribution >= 0.6 is 34.9 Å². The van der Waals surface area contributed by atoms with Gasteiger partial charge in [-0.3, -0.25) is 0 Å². The third-order valence-electron chi connectivity index (χ3n) is 2.00. The van der Waals surface area contributed by atoms with Crippen molar-refractivity contribution in [2.45, 2.75) is 13.0 Å². The van der Waals surface area contributed by atoms with Crippen LogP contribution in [-0.2, 0) is 0 Å². The molecule has 0 spiro atoms. The van der Waals surface area contributed by atoms with Crippen LogP contribution in [0, 0.1) is 11.3 Å². The van der Waals surface area contributed by atoms with Gasteiger partial charge in [0.25, 0.3) is 0 Å². The summed E-state index contributed by atoms with van der Waals surface area (Å²) in [5.74, 6) is 0. The smallest absolute Gasteiger partial charge is 0.130 e. The molecule has 2 aromatic rings. The summed E-state index contributed by atoms with van der Waals surface area (Å²) in [6, 6.07) is 3.30. The maximum Gasteiger partial charge on any atom is 0.130 e. The minimum absolute atomic E-state index is 0.358. The van der Waals surface area contributed by atoms with Crippen molar-refractivity contribution in [2.24, 2.45) is 0 Å². The number of rotatable bonds is 2. The second-order valence-corrected chi connectivity index (χ2v) is 4.51. The van der Waals surface area contributed by atoms with Gasteiger partial charge in [0.05, 0.1) is 33.5 Å². The maximum atomic E-state index is 8.75. The van der Waals surface area contributed by atoms with E-state index in [9.17, 15) is 0 Å². The Kier molecular flexibility index (Phi) is 3.15. The van der Waals surface area contributed by atoms with Crippen LogP contribution in [0.4, 0.5) is 5.69 Å². The zero-order valence-corrected chi connectivity index (χ0v) is 10.5. The fourth-order valence-electron chi connectivity index (χ4n) is 1.26. The van der Waals surface area contributed by atoms with E-state index in [4.69, 9.17) is 28.5 Å². The van der Waals surface area contributed by atoms with Crippen LogP contribution in [0.15, 0.2) is 6.07 Å². The molecule has 0 radical (unpaired) electrons. The van der Waals surface area contributed by atoms with Crippen LogP contribution in [0.2, 0.25) is 10.0 Å². The number of hydrogen-bond donors (Lipinski definition) is 1. The molecule has 1 unspecified atom stereocenters. The van der Waals surface area contributed by atoms with Gasteiger partial charge in [0.15, 0.2) is 0 Å². The highest BCUT2D eigenvalue weighted by Gasteiger charge is 2.15. The number of nitriles is 1. The maximum absolute atomic E-state index is 8.75. The highest BCUT2D eigenvalue weighted by atomic mass is 35.5. The highest BCUT2D eigenvalue weighted by Crippen LogP contribution is 2.35. The lowest BCUT2D eigenvalue weighted by atomic mass is 10.2. The molecule has 0 fully saturated rings. The van der Waals surface area contributed by atoms with Gasteiger partial charge in [0, 0.05) is 0 Å². The van der Waals surface area contributed by atoms with Gasteiger partial charge in [0.2, 0.25) is 0 Å². The van der Waals surface area contributed by atoms with Gasteiger partial charge < -0.3 is 5.32 Å². The molecule has 0 aliphatic carbocycles. The summed E-state index contributed by atoms with van der Waals surface area (Å²) >= 11 is 13.1. The lowest BCUT2D eigenvalue weighted by Gasteiger charge is -2.10. The predicted octanol–water partition coefficient (Wildman–Crippen LogP) is 3.32. The summed E-state index contributed by atoms with van der Waals surface area (Å²) in [6.07, 6.45) is 0. The summed E-state index contributed by atoms with van der Waals surface area (Å²) in [7, 11) is 0. The Morgan fingerprint density at radius 1 is 1.38 bits per heavy atom. The molecule has 82 valence electrons. The largest absolute Gasteiger partial charge is 0.367 e. The van der Waals surface area contributed by atoms with Crippen molar-refractivity contribution in [1.29, 1.82) is 5.26 Å². The van der Waals surface area contributed by atoms with Crippen molar-refractivity contribution in [3.63, 3.8) is 0 Å². The number of aromatic nitrogens is 2. The topological polar surface area (TPSA) is 61.6 Å². The number of anilines is 1. The summed E-state index contributed by atoms with van der Waals surface area (Å²) < 4.78 is 8.19. The molecule has 4 nitrogen and oxygen atoms in total. The number of halogens is 2. The Hall–Kier alpha value is -1.09. The van der Waals surface area contributed by atoms with Gasteiger partial charge in [0.1, 0.15) is 17.1 Å². The number of hydrogen-bond acceptors (Lipinski definition) is 5. The minimum Gasteiger partial charge on any atom is -0.367 e. The monoisotopic (exact) mass is 272 g/mol. The average molecular weight is 273 g/mol. The Bertz CT molecular complexity index is 575. The van der Waals surface area contributed by atoms with E-state index in [2.05, 4.69) is 20.1 Å². The van der Waals surface area contributed by atoms with E-state index >= 15 is 0 Å². The number of benzene rings is 1. The molecule has 16 heavy (non-hydrogen) atoms. The Labute approximate surface area is 106 Å². The van der Waals surface area contributed by atoms with Crippen molar-refractivity contribution in [2.75, 3.05) is 5.32 Å². The van der Waals surface area contributed by atoms with Crippen molar-refractivity contribution >= 4 is 51.7 Å². The van der Waals surface area contributed by atoms with E-state index in [1.807, 2.05) is 0 Å². The Morgan fingerprint density at radius 3 is 2.75 bits per heavy atom.